The molecule has 2 aromatic carbocycles. The van der Waals surface area contributed by atoms with Crippen molar-refractivity contribution in [3.8, 4) is 0 Å². The number of nitrogens with one attached hydrogen (secondary N) is 3. The maximum Gasteiger partial charge on any atom is 0.323 e. The van der Waals surface area contributed by atoms with Crippen molar-refractivity contribution in [3.05, 3.63) is 58.5 Å². The number of fused-ring (bicyclic) bond motifs is 1. The lowest BCUT2D eigenvalue weighted by molar-refractivity contribution is 0.509. The van der Waals surface area contributed by atoms with E-state index in [2.05, 4.69) is 15.3 Å². The van der Waals surface area contributed by atoms with Gasteiger partial charge in [0.1, 0.15) is 0 Å². The van der Waals surface area contributed by atoms with Crippen molar-refractivity contribution < 1.29 is 8.78 Å². The summed E-state index contributed by atoms with van der Waals surface area (Å²) in [7, 11) is 0. The van der Waals surface area contributed by atoms with Gasteiger partial charge in [-0.05, 0) is 30.3 Å². The minimum absolute atomic E-state index is 0.292. The number of halogens is 2. The monoisotopic (exact) mass is 261 g/mol. The summed E-state index contributed by atoms with van der Waals surface area (Å²) >= 11 is 0. The van der Waals surface area contributed by atoms with Gasteiger partial charge in [-0.3, -0.25) is 0 Å². The Hall–Kier alpha value is -2.63. The second-order valence-corrected chi connectivity index (χ2v) is 4.09. The summed E-state index contributed by atoms with van der Waals surface area (Å²) in [6.45, 7) is 0. The summed E-state index contributed by atoms with van der Waals surface area (Å²) in [5.41, 5.74) is 2.11. The number of rotatable bonds is 2. The number of benzene rings is 2. The third-order valence-corrected chi connectivity index (χ3v) is 2.72. The normalized spacial score (nSPS) is 10.8. The van der Waals surface area contributed by atoms with Gasteiger partial charge in [0.25, 0.3) is 0 Å². The molecule has 0 atom stereocenters. The lowest BCUT2D eigenvalue weighted by Gasteiger charge is -2.06. The lowest BCUT2D eigenvalue weighted by atomic mass is 10.2. The molecule has 0 radical (unpaired) electrons. The largest absolute Gasteiger partial charge is 0.355 e. The first kappa shape index (κ1) is 11.5. The maximum absolute atomic E-state index is 13.1. The molecule has 96 valence electrons. The minimum atomic E-state index is -0.916. The van der Waals surface area contributed by atoms with Crippen LogP contribution in [0.3, 0.4) is 0 Å². The Bertz CT molecular complexity index is 807. The first-order valence-corrected chi connectivity index (χ1v) is 5.56. The molecule has 0 unspecified atom stereocenters. The van der Waals surface area contributed by atoms with Gasteiger partial charge in [0.2, 0.25) is 0 Å². The van der Waals surface area contributed by atoms with E-state index in [0.29, 0.717) is 22.4 Å². The first-order valence-electron chi connectivity index (χ1n) is 5.56. The molecule has 0 fully saturated rings. The second kappa shape index (κ2) is 4.24. The zero-order valence-corrected chi connectivity index (χ0v) is 9.63. The standard InChI is InChI=1S/C13H9F2N3O/c14-9-3-1-7(5-10(9)15)16-8-2-4-11-12(6-8)18-13(19)17-11/h1-6,16H,(H2,17,18,19). The molecule has 19 heavy (non-hydrogen) atoms. The Morgan fingerprint density at radius 1 is 0.842 bits per heavy atom. The van der Waals surface area contributed by atoms with E-state index in [0.717, 1.165) is 12.1 Å². The molecule has 0 aliphatic rings. The molecule has 0 saturated heterocycles. The van der Waals surface area contributed by atoms with Gasteiger partial charge in [0, 0.05) is 17.4 Å². The van der Waals surface area contributed by atoms with E-state index in [-0.39, 0.29) is 5.69 Å². The molecule has 0 aliphatic carbocycles. The van der Waals surface area contributed by atoms with Crippen molar-refractivity contribution in [1.82, 2.24) is 9.97 Å². The first-order chi connectivity index (χ1) is 9.11. The summed E-state index contributed by atoms with van der Waals surface area (Å²) < 4.78 is 25.9. The van der Waals surface area contributed by atoms with Gasteiger partial charge in [-0.1, -0.05) is 0 Å². The van der Waals surface area contributed by atoms with E-state index in [1.54, 1.807) is 18.2 Å². The number of anilines is 2. The van der Waals surface area contributed by atoms with Crippen LogP contribution >= 0.6 is 0 Å². The highest BCUT2D eigenvalue weighted by atomic mass is 19.2. The van der Waals surface area contributed by atoms with Crippen LogP contribution < -0.4 is 11.0 Å². The van der Waals surface area contributed by atoms with Gasteiger partial charge in [0.15, 0.2) is 11.6 Å². The summed E-state index contributed by atoms with van der Waals surface area (Å²) in [5, 5.41) is 2.93. The summed E-state index contributed by atoms with van der Waals surface area (Å²) in [4.78, 5) is 16.4. The average Bonchev–Trinajstić information content (AvgIpc) is 2.73. The smallest absolute Gasteiger partial charge is 0.323 e. The molecule has 0 saturated carbocycles. The third kappa shape index (κ3) is 2.20. The van der Waals surface area contributed by atoms with Gasteiger partial charge in [-0.2, -0.15) is 0 Å². The van der Waals surface area contributed by atoms with Crippen molar-refractivity contribution in [1.29, 1.82) is 0 Å². The predicted octanol–water partition coefficient (Wildman–Crippen LogP) is 2.88. The van der Waals surface area contributed by atoms with Crippen molar-refractivity contribution in [2.75, 3.05) is 5.32 Å². The van der Waals surface area contributed by atoms with Crippen LogP contribution in [0.15, 0.2) is 41.2 Å². The van der Waals surface area contributed by atoms with Gasteiger partial charge >= 0.3 is 5.69 Å². The number of hydrogen-bond donors (Lipinski definition) is 3. The fourth-order valence-corrected chi connectivity index (χ4v) is 1.85. The maximum atomic E-state index is 13.1. The zero-order valence-electron chi connectivity index (χ0n) is 9.63. The van der Waals surface area contributed by atoms with E-state index < -0.39 is 11.6 Å². The number of aromatic nitrogens is 2. The molecule has 3 N–H and O–H groups in total. The van der Waals surface area contributed by atoms with Gasteiger partial charge in [-0.25, -0.2) is 13.6 Å². The summed E-state index contributed by atoms with van der Waals surface area (Å²) in [6, 6.07) is 8.70. The highest BCUT2D eigenvalue weighted by Gasteiger charge is 2.04. The number of imidazole rings is 1. The molecule has 0 spiro atoms. The Kier molecular flexibility index (Phi) is 2.56. The summed E-state index contributed by atoms with van der Waals surface area (Å²) in [5.74, 6) is -1.81. The zero-order chi connectivity index (χ0) is 13.4. The highest BCUT2D eigenvalue weighted by Crippen LogP contribution is 2.21. The van der Waals surface area contributed by atoms with Crippen LogP contribution in [0.4, 0.5) is 20.2 Å². The number of aromatic amines is 2. The van der Waals surface area contributed by atoms with Crippen LogP contribution in [0.2, 0.25) is 0 Å². The topological polar surface area (TPSA) is 60.7 Å². The number of hydrogen-bond acceptors (Lipinski definition) is 2. The molecule has 3 aromatic rings. The second-order valence-electron chi connectivity index (χ2n) is 4.09. The third-order valence-electron chi connectivity index (χ3n) is 2.72. The fraction of sp³-hybridized carbons (Fsp3) is 0. The number of H-pyrrole nitrogens is 2. The molecule has 3 rings (SSSR count). The summed E-state index contributed by atoms with van der Waals surface area (Å²) in [6.07, 6.45) is 0. The molecule has 0 aliphatic heterocycles. The molecule has 6 heteroatoms. The average molecular weight is 261 g/mol. The van der Waals surface area contributed by atoms with Crippen LogP contribution in [0.1, 0.15) is 0 Å². The van der Waals surface area contributed by atoms with E-state index in [9.17, 15) is 13.6 Å². The van der Waals surface area contributed by atoms with Crippen molar-refractivity contribution in [2.45, 2.75) is 0 Å². The van der Waals surface area contributed by atoms with E-state index >= 15 is 0 Å². The lowest BCUT2D eigenvalue weighted by Crippen LogP contribution is -1.99. The minimum Gasteiger partial charge on any atom is -0.355 e. The Balaban J connectivity index is 1.95. The predicted molar refractivity (Wildman–Crippen MR) is 68.6 cm³/mol. The van der Waals surface area contributed by atoms with E-state index in [1.807, 2.05) is 0 Å². The molecule has 4 nitrogen and oxygen atoms in total. The molecular formula is C13H9F2N3O. The van der Waals surface area contributed by atoms with E-state index in [4.69, 9.17) is 0 Å². The van der Waals surface area contributed by atoms with Gasteiger partial charge in [0.05, 0.1) is 11.0 Å². The fourth-order valence-electron chi connectivity index (χ4n) is 1.85. The Morgan fingerprint density at radius 2 is 1.53 bits per heavy atom. The van der Waals surface area contributed by atoms with Crippen LogP contribution in [0.5, 0.6) is 0 Å². The molecule has 1 aromatic heterocycles. The SMILES string of the molecule is O=c1[nH]c2ccc(Nc3ccc(F)c(F)c3)cc2[nH]1. The Morgan fingerprint density at radius 3 is 2.32 bits per heavy atom. The van der Waals surface area contributed by atoms with Crippen molar-refractivity contribution in [3.63, 3.8) is 0 Å². The highest BCUT2D eigenvalue weighted by molar-refractivity contribution is 5.80. The molecular weight excluding hydrogens is 252 g/mol. The van der Waals surface area contributed by atoms with Crippen LogP contribution in [-0.2, 0) is 0 Å². The van der Waals surface area contributed by atoms with Crippen molar-refractivity contribution in [2.24, 2.45) is 0 Å². The van der Waals surface area contributed by atoms with Crippen LogP contribution in [0.25, 0.3) is 11.0 Å². The Labute approximate surface area is 106 Å². The van der Waals surface area contributed by atoms with Crippen LogP contribution in [0, 0.1) is 11.6 Å². The van der Waals surface area contributed by atoms with Crippen LogP contribution in [-0.4, -0.2) is 9.97 Å². The van der Waals surface area contributed by atoms with E-state index in [1.165, 1.54) is 6.07 Å². The molecule has 1 heterocycles. The van der Waals surface area contributed by atoms with Gasteiger partial charge < -0.3 is 15.3 Å². The van der Waals surface area contributed by atoms with Crippen molar-refractivity contribution >= 4 is 22.4 Å². The molecule has 0 amide bonds. The quantitative estimate of drug-likeness (QED) is 0.664. The van der Waals surface area contributed by atoms with Gasteiger partial charge in [-0.15, -0.1) is 0 Å². The molecule has 0 bridgehead atoms.